The topological polar surface area (TPSA) is 63.3 Å². The molecule has 0 saturated carbocycles. The number of nitrogens with two attached hydrogens (primary N) is 1. The number of aliphatic carboxylic acids is 1. The fraction of sp³-hybridized carbons (Fsp3) is 0.500. The Morgan fingerprint density at radius 3 is 2.85 bits per heavy atom. The third-order valence-electron chi connectivity index (χ3n) is 2.33. The zero-order chi connectivity index (χ0) is 9.84. The molecule has 0 amide bonds. The maximum Gasteiger partial charge on any atom is 0.300 e. The van der Waals surface area contributed by atoms with Crippen LogP contribution in [-0.4, -0.2) is 17.6 Å². The van der Waals surface area contributed by atoms with E-state index in [1.165, 1.54) is 12.0 Å². The normalized spacial score (nSPS) is 28.0. The monoisotopic (exact) mass is 181 g/mol. The predicted octanol–water partition coefficient (Wildman–Crippen LogP) is 1.17. The van der Waals surface area contributed by atoms with Crippen LogP contribution in [0, 0.1) is 11.8 Å². The molecule has 2 rings (SSSR count). The Hall–Kier alpha value is -1.09. The Balaban J connectivity index is 0.000000184. The Bertz CT molecular complexity index is 252. The molecule has 0 saturated heterocycles. The second-order valence-electron chi connectivity index (χ2n) is 3.31. The van der Waals surface area contributed by atoms with Crippen LogP contribution in [0.15, 0.2) is 23.8 Å². The Morgan fingerprint density at radius 1 is 1.77 bits per heavy atom. The number of fused-ring (bicyclic) bond motifs is 1. The standard InChI is InChI=1S/C8H11N.C2H4O2/c9-5-7-4-6-2-1-3-8(6)7;1-2(3)4/h1-2,4,6,8H,3,5,9H2;1H3,(H,3,4)/t6-,8-;/m0./s1. The number of rotatable bonds is 1. The van der Waals surface area contributed by atoms with Gasteiger partial charge in [-0.2, -0.15) is 0 Å². The van der Waals surface area contributed by atoms with Crippen LogP contribution < -0.4 is 5.73 Å². The van der Waals surface area contributed by atoms with Gasteiger partial charge in [0.1, 0.15) is 0 Å². The Labute approximate surface area is 77.9 Å². The van der Waals surface area contributed by atoms with Crippen LogP contribution in [0.25, 0.3) is 0 Å². The molecule has 2 aliphatic rings. The molecule has 0 aromatic carbocycles. The molecule has 3 N–H and O–H groups in total. The van der Waals surface area contributed by atoms with Gasteiger partial charge < -0.3 is 10.8 Å². The molecule has 13 heavy (non-hydrogen) atoms. The molecule has 72 valence electrons. The molecular weight excluding hydrogens is 166 g/mol. The van der Waals surface area contributed by atoms with Crippen molar-refractivity contribution in [2.45, 2.75) is 13.3 Å². The fourth-order valence-electron chi connectivity index (χ4n) is 1.72. The number of hydrogen-bond acceptors (Lipinski definition) is 2. The van der Waals surface area contributed by atoms with E-state index >= 15 is 0 Å². The molecule has 0 heterocycles. The van der Waals surface area contributed by atoms with Crippen molar-refractivity contribution in [1.29, 1.82) is 0 Å². The molecule has 3 nitrogen and oxygen atoms in total. The lowest BCUT2D eigenvalue weighted by Crippen LogP contribution is -2.25. The quantitative estimate of drug-likeness (QED) is 0.597. The zero-order valence-electron chi connectivity index (χ0n) is 7.73. The highest BCUT2D eigenvalue weighted by atomic mass is 16.4. The number of carbonyl (C=O) groups is 1. The van der Waals surface area contributed by atoms with Crippen molar-refractivity contribution in [1.82, 2.24) is 0 Å². The van der Waals surface area contributed by atoms with Crippen molar-refractivity contribution in [3.63, 3.8) is 0 Å². The smallest absolute Gasteiger partial charge is 0.300 e. The molecule has 0 radical (unpaired) electrons. The van der Waals surface area contributed by atoms with Gasteiger partial charge in [0.25, 0.3) is 5.97 Å². The first-order valence-corrected chi connectivity index (χ1v) is 4.42. The summed E-state index contributed by atoms with van der Waals surface area (Å²) in [6.07, 6.45) is 8.06. The van der Waals surface area contributed by atoms with Crippen molar-refractivity contribution in [2.24, 2.45) is 17.6 Å². The molecule has 2 atom stereocenters. The van der Waals surface area contributed by atoms with Crippen LogP contribution in [0.1, 0.15) is 13.3 Å². The first kappa shape index (κ1) is 9.99. The van der Waals surface area contributed by atoms with Gasteiger partial charge in [0.2, 0.25) is 0 Å². The first-order chi connectivity index (χ1) is 6.15. The maximum atomic E-state index is 9.00. The summed E-state index contributed by atoms with van der Waals surface area (Å²) in [7, 11) is 0. The summed E-state index contributed by atoms with van der Waals surface area (Å²) >= 11 is 0. The molecule has 0 spiro atoms. The fourth-order valence-corrected chi connectivity index (χ4v) is 1.72. The van der Waals surface area contributed by atoms with Crippen molar-refractivity contribution < 1.29 is 9.90 Å². The van der Waals surface area contributed by atoms with E-state index in [9.17, 15) is 0 Å². The van der Waals surface area contributed by atoms with E-state index in [2.05, 4.69) is 18.2 Å². The van der Waals surface area contributed by atoms with E-state index in [1.54, 1.807) is 0 Å². The van der Waals surface area contributed by atoms with Crippen LogP contribution in [-0.2, 0) is 4.79 Å². The third-order valence-corrected chi connectivity index (χ3v) is 2.33. The number of carboxylic acids is 1. The van der Waals surface area contributed by atoms with Crippen LogP contribution in [0.5, 0.6) is 0 Å². The molecule has 3 heteroatoms. The SMILES string of the molecule is CC(=O)O.NCC1=C[C@@H]2C=CC[C@H]12. The lowest BCUT2D eigenvalue weighted by molar-refractivity contribution is -0.134. The minimum absolute atomic E-state index is 0.753. The van der Waals surface area contributed by atoms with Crippen LogP contribution in [0.3, 0.4) is 0 Å². The first-order valence-electron chi connectivity index (χ1n) is 4.42. The molecule has 0 fully saturated rings. The average Bonchev–Trinajstić information content (AvgIpc) is 2.32. The summed E-state index contributed by atoms with van der Waals surface area (Å²) in [6, 6.07) is 0. The van der Waals surface area contributed by atoms with Crippen LogP contribution in [0.4, 0.5) is 0 Å². The molecule has 2 aliphatic carbocycles. The van der Waals surface area contributed by atoms with Crippen LogP contribution >= 0.6 is 0 Å². The lowest BCUT2D eigenvalue weighted by Gasteiger charge is -2.29. The minimum atomic E-state index is -0.833. The third kappa shape index (κ3) is 2.42. The zero-order valence-corrected chi connectivity index (χ0v) is 7.73. The van der Waals surface area contributed by atoms with Gasteiger partial charge in [0.05, 0.1) is 0 Å². The van der Waals surface area contributed by atoms with Gasteiger partial charge in [-0.3, -0.25) is 4.79 Å². The van der Waals surface area contributed by atoms with Crippen molar-refractivity contribution in [3.8, 4) is 0 Å². The summed E-state index contributed by atoms with van der Waals surface area (Å²) in [5.41, 5.74) is 6.96. The van der Waals surface area contributed by atoms with Crippen molar-refractivity contribution in [3.05, 3.63) is 23.8 Å². The molecule has 0 unspecified atom stereocenters. The number of hydrogen-bond donors (Lipinski definition) is 2. The van der Waals surface area contributed by atoms with Crippen molar-refractivity contribution in [2.75, 3.05) is 6.54 Å². The van der Waals surface area contributed by atoms with E-state index in [0.29, 0.717) is 0 Å². The van der Waals surface area contributed by atoms with Gasteiger partial charge in [0.15, 0.2) is 0 Å². The van der Waals surface area contributed by atoms with Gasteiger partial charge in [-0.05, 0) is 12.3 Å². The Morgan fingerprint density at radius 2 is 2.38 bits per heavy atom. The Kier molecular flexibility index (Phi) is 3.25. The summed E-state index contributed by atoms with van der Waals surface area (Å²) < 4.78 is 0. The molecular formula is C10H15NO2. The van der Waals surface area contributed by atoms with E-state index < -0.39 is 5.97 Å². The highest BCUT2D eigenvalue weighted by molar-refractivity contribution is 5.62. The van der Waals surface area contributed by atoms with Crippen molar-refractivity contribution >= 4 is 5.97 Å². The second-order valence-corrected chi connectivity index (χ2v) is 3.31. The minimum Gasteiger partial charge on any atom is -0.481 e. The molecule has 0 aliphatic heterocycles. The van der Waals surface area contributed by atoms with Gasteiger partial charge >= 0.3 is 0 Å². The summed E-state index contributed by atoms with van der Waals surface area (Å²) in [6.45, 7) is 1.85. The largest absolute Gasteiger partial charge is 0.481 e. The maximum absolute atomic E-state index is 9.00. The van der Waals surface area contributed by atoms with E-state index in [1.807, 2.05) is 0 Å². The summed E-state index contributed by atoms with van der Waals surface area (Å²) in [4.78, 5) is 9.00. The van der Waals surface area contributed by atoms with E-state index in [4.69, 9.17) is 15.6 Å². The van der Waals surface area contributed by atoms with Gasteiger partial charge in [-0.25, -0.2) is 0 Å². The molecule has 0 aromatic rings. The summed E-state index contributed by atoms with van der Waals surface area (Å²) in [5.74, 6) is 0.721. The average molecular weight is 181 g/mol. The highest BCUT2D eigenvalue weighted by Gasteiger charge is 2.31. The van der Waals surface area contributed by atoms with Gasteiger partial charge in [0, 0.05) is 19.4 Å². The highest BCUT2D eigenvalue weighted by Crippen LogP contribution is 2.40. The predicted molar refractivity (Wildman–Crippen MR) is 51.2 cm³/mol. The second kappa shape index (κ2) is 4.23. The number of carboxylic acid groups (broad SMARTS) is 1. The van der Waals surface area contributed by atoms with E-state index in [-0.39, 0.29) is 0 Å². The molecule has 0 bridgehead atoms. The van der Waals surface area contributed by atoms with Gasteiger partial charge in [-0.15, -0.1) is 0 Å². The molecule has 0 aromatic heterocycles. The van der Waals surface area contributed by atoms with Gasteiger partial charge in [-0.1, -0.05) is 23.8 Å². The number of allylic oxidation sites excluding steroid dienone is 3. The summed E-state index contributed by atoms with van der Waals surface area (Å²) in [5, 5.41) is 7.42. The van der Waals surface area contributed by atoms with E-state index in [0.717, 1.165) is 25.3 Å². The van der Waals surface area contributed by atoms with Crippen LogP contribution in [0.2, 0.25) is 0 Å². The lowest BCUT2D eigenvalue weighted by atomic mass is 9.77.